The van der Waals surface area contributed by atoms with Gasteiger partial charge in [-0.2, -0.15) is 0 Å². The van der Waals surface area contributed by atoms with Gasteiger partial charge in [-0.15, -0.1) is 0 Å². The van der Waals surface area contributed by atoms with Gasteiger partial charge in [-0.3, -0.25) is 0 Å². The van der Waals surface area contributed by atoms with Gasteiger partial charge in [-0.05, 0) is 18.9 Å². The summed E-state index contributed by atoms with van der Waals surface area (Å²) in [5.74, 6) is 1.39. The molecule has 1 heterocycles. The van der Waals surface area contributed by atoms with Crippen LogP contribution in [0.15, 0.2) is 6.07 Å². The molecule has 1 aromatic heterocycles. The van der Waals surface area contributed by atoms with Crippen LogP contribution in [0, 0.1) is 0 Å². The van der Waals surface area contributed by atoms with Crippen LogP contribution in [-0.2, 0) is 11.2 Å². The third-order valence-corrected chi connectivity index (χ3v) is 3.26. The van der Waals surface area contributed by atoms with Crippen LogP contribution in [0.1, 0.15) is 43.1 Å². The highest BCUT2D eigenvalue weighted by atomic mass is 35.5. The zero-order valence-corrected chi connectivity index (χ0v) is 10.3. The number of ether oxygens (including phenoxy) is 1. The van der Waals surface area contributed by atoms with Gasteiger partial charge in [0.25, 0.3) is 0 Å². The molecule has 88 valence electrons. The van der Waals surface area contributed by atoms with Crippen molar-refractivity contribution in [3.05, 3.63) is 22.7 Å². The lowest BCUT2D eigenvalue weighted by Crippen LogP contribution is -2.05. The zero-order chi connectivity index (χ0) is 11.4. The van der Waals surface area contributed by atoms with Crippen molar-refractivity contribution in [2.45, 2.75) is 38.0 Å². The average molecular weight is 241 g/mol. The quantitative estimate of drug-likeness (QED) is 0.759. The van der Waals surface area contributed by atoms with Gasteiger partial charge >= 0.3 is 0 Å². The Labute approximate surface area is 101 Å². The monoisotopic (exact) mass is 240 g/mol. The highest BCUT2D eigenvalue weighted by Gasteiger charge is 2.19. The zero-order valence-electron chi connectivity index (χ0n) is 9.58. The maximum absolute atomic E-state index is 6.02. The van der Waals surface area contributed by atoms with Gasteiger partial charge in [0, 0.05) is 25.1 Å². The first-order valence-corrected chi connectivity index (χ1v) is 6.19. The molecule has 0 aromatic carbocycles. The Balaban J connectivity index is 2.14. The van der Waals surface area contributed by atoms with Crippen molar-refractivity contribution < 1.29 is 4.74 Å². The van der Waals surface area contributed by atoms with Crippen LogP contribution < -0.4 is 0 Å². The van der Waals surface area contributed by atoms with Gasteiger partial charge in [0.1, 0.15) is 11.0 Å². The number of methoxy groups -OCH3 is 1. The van der Waals surface area contributed by atoms with Crippen molar-refractivity contribution in [3.8, 4) is 0 Å². The van der Waals surface area contributed by atoms with Gasteiger partial charge < -0.3 is 4.74 Å². The molecule has 0 N–H and O–H groups in total. The summed E-state index contributed by atoms with van der Waals surface area (Å²) < 4.78 is 5.03. The van der Waals surface area contributed by atoms with Crippen molar-refractivity contribution in [3.63, 3.8) is 0 Å². The SMILES string of the molecule is COCCc1nc(Cl)cc(C2CCCC2)n1. The average Bonchev–Trinajstić information content (AvgIpc) is 2.79. The molecular weight excluding hydrogens is 224 g/mol. The topological polar surface area (TPSA) is 35.0 Å². The maximum atomic E-state index is 6.02. The van der Waals surface area contributed by atoms with E-state index in [1.165, 1.54) is 25.7 Å². The molecule has 3 nitrogen and oxygen atoms in total. The van der Waals surface area contributed by atoms with Crippen molar-refractivity contribution in [1.82, 2.24) is 9.97 Å². The van der Waals surface area contributed by atoms with E-state index in [9.17, 15) is 0 Å². The minimum absolute atomic E-state index is 0.558. The summed E-state index contributed by atoms with van der Waals surface area (Å²) in [6.45, 7) is 0.643. The molecule has 0 spiro atoms. The van der Waals surface area contributed by atoms with E-state index < -0.39 is 0 Å². The fraction of sp³-hybridized carbons (Fsp3) is 0.667. The van der Waals surface area contributed by atoms with Crippen molar-refractivity contribution in [1.29, 1.82) is 0 Å². The first-order valence-electron chi connectivity index (χ1n) is 5.82. The Morgan fingerprint density at radius 2 is 2.12 bits per heavy atom. The summed E-state index contributed by atoms with van der Waals surface area (Å²) in [5, 5.41) is 0.558. The predicted molar refractivity (Wildman–Crippen MR) is 63.8 cm³/mol. The fourth-order valence-corrected chi connectivity index (χ4v) is 2.43. The standard InChI is InChI=1S/C12H17ClN2O/c1-16-7-6-12-14-10(8-11(13)15-12)9-4-2-3-5-9/h8-9H,2-7H2,1H3. The number of halogens is 1. The molecule has 1 aliphatic carbocycles. The number of hydrogen-bond acceptors (Lipinski definition) is 3. The first-order chi connectivity index (χ1) is 7.79. The molecule has 0 unspecified atom stereocenters. The van der Waals surface area contributed by atoms with Gasteiger partial charge in [0.2, 0.25) is 0 Å². The molecule has 1 aromatic rings. The maximum Gasteiger partial charge on any atom is 0.133 e. The van der Waals surface area contributed by atoms with E-state index in [4.69, 9.17) is 16.3 Å². The first kappa shape index (κ1) is 11.8. The Bertz CT molecular complexity index is 351. The third-order valence-electron chi connectivity index (χ3n) is 3.06. The summed E-state index contributed by atoms with van der Waals surface area (Å²) in [4.78, 5) is 8.79. The van der Waals surface area contributed by atoms with E-state index in [1.807, 2.05) is 6.07 Å². The van der Waals surface area contributed by atoms with E-state index >= 15 is 0 Å². The van der Waals surface area contributed by atoms with Gasteiger partial charge in [-0.25, -0.2) is 9.97 Å². The number of nitrogens with zero attached hydrogens (tertiary/aromatic N) is 2. The lowest BCUT2D eigenvalue weighted by molar-refractivity contribution is 0.200. The van der Waals surface area contributed by atoms with Crippen molar-refractivity contribution >= 4 is 11.6 Å². The fourth-order valence-electron chi connectivity index (χ4n) is 2.22. The van der Waals surface area contributed by atoms with E-state index in [0.29, 0.717) is 17.7 Å². The molecule has 0 bridgehead atoms. The molecular formula is C12H17ClN2O. The molecule has 1 aliphatic rings. The molecule has 0 amide bonds. The van der Waals surface area contributed by atoms with Crippen LogP contribution in [0.5, 0.6) is 0 Å². The summed E-state index contributed by atoms with van der Waals surface area (Å²) in [5.41, 5.74) is 1.11. The summed E-state index contributed by atoms with van der Waals surface area (Å²) in [6.07, 6.45) is 5.81. The van der Waals surface area contributed by atoms with Crippen molar-refractivity contribution in [2.75, 3.05) is 13.7 Å². The van der Waals surface area contributed by atoms with Gasteiger partial charge in [0.15, 0.2) is 0 Å². The highest BCUT2D eigenvalue weighted by molar-refractivity contribution is 6.29. The minimum atomic E-state index is 0.558. The molecule has 4 heteroatoms. The summed E-state index contributed by atoms with van der Waals surface area (Å²) >= 11 is 6.02. The largest absolute Gasteiger partial charge is 0.384 e. The Morgan fingerprint density at radius 1 is 1.38 bits per heavy atom. The van der Waals surface area contributed by atoms with E-state index in [2.05, 4.69) is 9.97 Å². The molecule has 1 fully saturated rings. The number of aromatic nitrogens is 2. The van der Waals surface area contributed by atoms with Gasteiger partial charge in [0.05, 0.1) is 6.61 Å². The predicted octanol–water partition coefficient (Wildman–Crippen LogP) is 2.98. The number of hydrogen-bond donors (Lipinski definition) is 0. The normalized spacial score (nSPS) is 16.9. The molecule has 0 atom stereocenters. The molecule has 0 saturated heterocycles. The van der Waals surface area contributed by atoms with Crippen molar-refractivity contribution in [2.24, 2.45) is 0 Å². The Morgan fingerprint density at radius 3 is 2.81 bits per heavy atom. The third kappa shape index (κ3) is 2.92. The Kier molecular flexibility index (Phi) is 4.13. The second-order valence-corrected chi connectivity index (χ2v) is 4.64. The molecule has 2 rings (SSSR count). The highest BCUT2D eigenvalue weighted by Crippen LogP contribution is 2.33. The van der Waals surface area contributed by atoms with E-state index in [0.717, 1.165) is 17.9 Å². The lowest BCUT2D eigenvalue weighted by atomic mass is 10.0. The Hall–Kier alpha value is -0.670. The van der Waals surface area contributed by atoms with Crippen LogP contribution in [0.4, 0.5) is 0 Å². The van der Waals surface area contributed by atoms with Gasteiger partial charge in [-0.1, -0.05) is 24.4 Å². The molecule has 0 radical (unpaired) electrons. The van der Waals surface area contributed by atoms with Crippen LogP contribution in [-0.4, -0.2) is 23.7 Å². The summed E-state index contributed by atoms with van der Waals surface area (Å²) in [6, 6.07) is 1.91. The second kappa shape index (κ2) is 5.60. The van der Waals surface area contributed by atoms with Crippen LogP contribution in [0.25, 0.3) is 0 Å². The van der Waals surface area contributed by atoms with Crippen LogP contribution in [0.2, 0.25) is 5.15 Å². The number of rotatable bonds is 4. The molecule has 16 heavy (non-hydrogen) atoms. The lowest BCUT2D eigenvalue weighted by Gasteiger charge is -2.10. The minimum Gasteiger partial charge on any atom is -0.384 e. The second-order valence-electron chi connectivity index (χ2n) is 4.26. The van der Waals surface area contributed by atoms with E-state index in [1.54, 1.807) is 7.11 Å². The smallest absolute Gasteiger partial charge is 0.133 e. The molecule has 1 saturated carbocycles. The molecule has 0 aliphatic heterocycles. The summed E-state index contributed by atoms with van der Waals surface area (Å²) in [7, 11) is 1.68. The van der Waals surface area contributed by atoms with Crippen LogP contribution >= 0.6 is 11.6 Å². The van der Waals surface area contributed by atoms with E-state index in [-0.39, 0.29) is 0 Å². The van der Waals surface area contributed by atoms with Crippen LogP contribution in [0.3, 0.4) is 0 Å².